The molecule has 0 spiro atoms. The summed E-state index contributed by atoms with van der Waals surface area (Å²) in [4.78, 5) is 11.9. The standard InChI is InChI=1S/C17H25N3O5S.ClH/c1-12-8-14-15(25-11-24-14)9-16(12)26(22,23)20-7-3-2-4-13(20)10-19-17(21)5-6-18;/h8-9,13H,2-7,10-11,18H2,1H3,(H,19,21);1H. The van der Waals surface area contributed by atoms with Crippen LogP contribution in [0.4, 0.5) is 0 Å². The van der Waals surface area contributed by atoms with Gasteiger partial charge in [0, 0.05) is 38.2 Å². The van der Waals surface area contributed by atoms with Gasteiger partial charge in [-0.2, -0.15) is 4.31 Å². The second kappa shape index (κ2) is 9.09. The molecule has 1 unspecified atom stereocenters. The van der Waals surface area contributed by atoms with Crippen LogP contribution in [0.25, 0.3) is 0 Å². The van der Waals surface area contributed by atoms with Gasteiger partial charge in [-0.15, -0.1) is 12.4 Å². The maximum Gasteiger partial charge on any atom is 0.243 e. The van der Waals surface area contributed by atoms with Crippen LogP contribution in [0.5, 0.6) is 11.5 Å². The molecule has 0 aromatic heterocycles. The quantitative estimate of drug-likeness (QED) is 0.715. The van der Waals surface area contributed by atoms with E-state index < -0.39 is 10.0 Å². The molecule has 0 saturated carbocycles. The molecule has 3 N–H and O–H groups in total. The Kier molecular flexibility index (Phi) is 7.32. The number of aryl methyl sites for hydroxylation is 1. The first-order valence-corrected chi connectivity index (χ1v) is 10.3. The minimum absolute atomic E-state index is 0. The van der Waals surface area contributed by atoms with Gasteiger partial charge < -0.3 is 20.5 Å². The van der Waals surface area contributed by atoms with Crippen LogP contribution in [-0.4, -0.2) is 51.1 Å². The summed E-state index contributed by atoms with van der Waals surface area (Å²) in [6.07, 6.45) is 2.69. The van der Waals surface area contributed by atoms with Crippen molar-refractivity contribution in [3.05, 3.63) is 17.7 Å². The zero-order valence-corrected chi connectivity index (χ0v) is 16.9. The van der Waals surface area contributed by atoms with Crippen molar-refractivity contribution in [1.29, 1.82) is 0 Å². The fourth-order valence-electron chi connectivity index (χ4n) is 3.37. The lowest BCUT2D eigenvalue weighted by atomic mass is 10.1. The molecule has 2 heterocycles. The molecule has 1 amide bonds. The highest BCUT2D eigenvalue weighted by atomic mass is 35.5. The Labute approximate surface area is 165 Å². The van der Waals surface area contributed by atoms with E-state index in [9.17, 15) is 13.2 Å². The van der Waals surface area contributed by atoms with E-state index in [2.05, 4.69) is 5.32 Å². The molecule has 2 aliphatic heterocycles. The predicted molar refractivity (Wildman–Crippen MR) is 103 cm³/mol. The molecule has 1 aromatic rings. The third-order valence-corrected chi connectivity index (χ3v) is 6.83. The van der Waals surface area contributed by atoms with Crippen LogP contribution in [0.2, 0.25) is 0 Å². The van der Waals surface area contributed by atoms with E-state index in [0.717, 1.165) is 12.8 Å². The van der Waals surface area contributed by atoms with Crippen molar-refractivity contribution in [2.75, 3.05) is 26.4 Å². The Balaban J connectivity index is 0.00000261. The molecule has 0 aliphatic carbocycles. The van der Waals surface area contributed by atoms with Crippen LogP contribution in [0.3, 0.4) is 0 Å². The highest BCUT2D eigenvalue weighted by molar-refractivity contribution is 7.89. The molecule has 8 nitrogen and oxygen atoms in total. The number of nitrogens with one attached hydrogen (secondary N) is 1. The van der Waals surface area contributed by atoms with Gasteiger partial charge in [0.15, 0.2) is 11.5 Å². The second-order valence-corrected chi connectivity index (χ2v) is 8.44. The fourth-order valence-corrected chi connectivity index (χ4v) is 5.29. The molecular weight excluding hydrogens is 394 g/mol. The van der Waals surface area contributed by atoms with Crippen molar-refractivity contribution in [2.45, 2.75) is 43.5 Å². The van der Waals surface area contributed by atoms with E-state index in [4.69, 9.17) is 15.2 Å². The average molecular weight is 420 g/mol. The summed E-state index contributed by atoms with van der Waals surface area (Å²) in [7, 11) is -3.70. The zero-order valence-electron chi connectivity index (χ0n) is 15.3. The monoisotopic (exact) mass is 419 g/mol. The van der Waals surface area contributed by atoms with Crippen molar-refractivity contribution < 1.29 is 22.7 Å². The Morgan fingerprint density at radius 1 is 1.30 bits per heavy atom. The minimum Gasteiger partial charge on any atom is -0.454 e. The summed E-state index contributed by atoms with van der Waals surface area (Å²) >= 11 is 0. The first-order valence-electron chi connectivity index (χ1n) is 8.82. The Morgan fingerprint density at radius 2 is 2.00 bits per heavy atom. The Hall–Kier alpha value is -1.55. The van der Waals surface area contributed by atoms with Gasteiger partial charge in [-0.1, -0.05) is 6.42 Å². The van der Waals surface area contributed by atoms with Gasteiger partial charge in [0.25, 0.3) is 0 Å². The summed E-state index contributed by atoms with van der Waals surface area (Å²) in [6.45, 7) is 2.85. The van der Waals surface area contributed by atoms with Crippen LogP contribution in [0, 0.1) is 6.92 Å². The second-order valence-electron chi connectivity index (χ2n) is 6.58. The number of sulfonamides is 1. The SMILES string of the molecule is Cc1cc2c(cc1S(=O)(=O)N1CCCCC1CNC(=O)CCN)OCO2.Cl. The molecule has 3 rings (SSSR count). The number of ether oxygens (including phenoxy) is 2. The maximum absolute atomic E-state index is 13.3. The van der Waals surface area contributed by atoms with Crippen LogP contribution in [-0.2, 0) is 14.8 Å². The predicted octanol–water partition coefficient (Wildman–Crippen LogP) is 1.15. The number of hydrogen-bond donors (Lipinski definition) is 2. The highest BCUT2D eigenvalue weighted by Crippen LogP contribution is 2.38. The number of amides is 1. The van der Waals surface area contributed by atoms with E-state index >= 15 is 0 Å². The number of carbonyl (C=O) groups is 1. The summed E-state index contributed by atoms with van der Waals surface area (Å²) in [5.74, 6) is 0.847. The lowest BCUT2D eigenvalue weighted by Gasteiger charge is -2.35. The molecule has 1 aromatic carbocycles. The molecule has 0 radical (unpaired) electrons. The molecule has 2 aliphatic rings. The molecule has 10 heteroatoms. The van der Waals surface area contributed by atoms with E-state index in [0.29, 0.717) is 36.6 Å². The molecule has 0 bridgehead atoms. The summed E-state index contributed by atoms with van der Waals surface area (Å²) in [5, 5.41) is 2.79. The van der Waals surface area contributed by atoms with Gasteiger partial charge in [-0.3, -0.25) is 4.79 Å². The number of carbonyl (C=O) groups excluding carboxylic acids is 1. The van der Waals surface area contributed by atoms with Crippen LogP contribution in [0.15, 0.2) is 17.0 Å². The van der Waals surface area contributed by atoms with Gasteiger partial charge in [0.05, 0.1) is 4.90 Å². The number of nitrogens with zero attached hydrogens (tertiary/aromatic N) is 1. The van der Waals surface area contributed by atoms with E-state index in [-0.39, 0.29) is 49.0 Å². The summed E-state index contributed by atoms with van der Waals surface area (Å²) in [6, 6.07) is 2.96. The number of fused-ring (bicyclic) bond motifs is 1. The normalized spacial score (nSPS) is 19.4. The third-order valence-electron chi connectivity index (χ3n) is 4.74. The number of hydrogen-bond acceptors (Lipinski definition) is 6. The van der Waals surface area contributed by atoms with Gasteiger partial charge in [-0.05, 0) is 31.4 Å². The van der Waals surface area contributed by atoms with Crippen molar-refractivity contribution in [1.82, 2.24) is 9.62 Å². The molecule has 1 fully saturated rings. The van der Waals surface area contributed by atoms with Gasteiger partial charge in [0.2, 0.25) is 22.7 Å². The topological polar surface area (TPSA) is 111 Å². The largest absolute Gasteiger partial charge is 0.454 e. The molecule has 27 heavy (non-hydrogen) atoms. The zero-order chi connectivity index (χ0) is 18.7. The van der Waals surface area contributed by atoms with Crippen LogP contribution >= 0.6 is 12.4 Å². The molecule has 1 atom stereocenters. The van der Waals surface area contributed by atoms with Crippen molar-refractivity contribution >= 4 is 28.3 Å². The maximum atomic E-state index is 13.3. The van der Waals surface area contributed by atoms with E-state index in [1.54, 1.807) is 13.0 Å². The van der Waals surface area contributed by atoms with Gasteiger partial charge in [-0.25, -0.2) is 8.42 Å². The van der Waals surface area contributed by atoms with Crippen molar-refractivity contribution in [3.63, 3.8) is 0 Å². The third kappa shape index (κ3) is 4.66. The number of rotatable bonds is 6. The van der Waals surface area contributed by atoms with E-state index in [1.165, 1.54) is 10.4 Å². The lowest BCUT2D eigenvalue weighted by Crippen LogP contribution is -2.49. The first kappa shape index (κ1) is 21.7. The lowest BCUT2D eigenvalue weighted by molar-refractivity contribution is -0.121. The average Bonchev–Trinajstić information content (AvgIpc) is 3.07. The number of nitrogens with two attached hydrogens (primary N) is 1. The van der Waals surface area contributed by atoms with Crippen LogP contribution in [0.1, 0.15) is 31.2 Å². The van der Waals surface area contributed by atoms with Crippen molar-refractivity contribution in [2.24, 2.45) is 5.73 Å². The first-order chi connectivity index (χ1) is 12.4. The molecule has 152 valence electrons. The van der Waals surface area contributed by atoms with Crippen molar-refractivity contribution in [3.8, 4) is 11.5 Å². The smallest absolute Gasteiger partial charge is 0.243 e. The fraction of sp³-hybridized carbons (Fsp3) is 0.588. The number of halogens is 1. The highest BCUT2D eigenvalue weighted by Gasteiger charge is 2.35. The Morgan fingerprint density at radius 3 is 2.70 bits per heavy atom. The molecule has 1 saturated heterocycles. The van der Waals surface area contributed by atoms with Gasteiger partial charge >= 0.3 is 0 Å². The van der Waals surface area contributed by atoms with Crippen LogP contribution < -0.4 is 20.5 Å². The summed E-state index contributed by atoms with van der Waals surface area (Å²) < 4.78 is 38.7. The number of piperidine rings is 1. The number of benzene rings is 1. The molecular formula is C17H26ClN3O5S. The summed E-state index contributed by atoms with van der Waals surface area (Å²) in [5.41, 5.74) is 6.00. The van der Waals surface area contributed by atoms with Gasteiger partial charge in [0.1, 0.15) is 0 Å². The minimum atomic E-state index is -3.70. The van der Waals surface area contributed by atoms with E-state index in [1.807, 2.05) is 0 Å². The Bertz CT molecular complexity index is 787.